The van der Waals surface area contributed by atoms with Crippen molar-refractivity contribution in [2.75, 3.05) is 14.1 Å². The van der Waals surface area contributed by atoms with Gasteiger partial charge in [0.1, 0.15) is 0 Å². The van der Waals surface area contributed by atoms with Crippen molar-refractivity contribution in [3.05, 3.63) is 59.7 Å². The molecule has 35 heavy (non-hydrogen) atoms. The van der Waals surface area contributed by atoms with Crippen LogP contribution in [0, 0.1) is 13.8 Å². The second kappa shape index (κ2) is 16.5. The molecule has 0 radical (unpaired) electrons. The molecule has 1 N–H and O–H groups in total. The summed E-state index contributed by atoms with van der Waals surface area (Å²) in [6, 6.07) is 9.81. The lowest BCUT2D eigenvalue weighted by atomic mass is 10.1. The fourth-order valence-electron chi connectivity index (χ4n) is 2.54. The Morgan fingerprint density at radius 2 is 1.51 bits per heavy atom. The molecule has 0 amide bonds. The Morgan fingerprint density at radius 3 is 2.09 bits per heavy atom. The fourth-order valence-corrected chi connectivity index (χ4v) is 3.14. The average Bonchev–Trinajstić information content (AvgIpc) is 3.49. The van der Waals surface area contributed by atoms with Crippen LogP contribution in [-0.2, 0) is 5.75 Å². The van der Waals surface area contributed by atoms with E-state index in [1.54, 1.807) is 26.5 Å². The second-order valence-electron chi connectivity index (χ2n) is 7.34. The Morgan fingerprint density at radius 1 is 0.943 bits per heavy atom. The molecule has 0 aliphatic rings. The van der Waals surface area contributed by atoms with Gasteiger partial charge in [0, 0.05) is 37.6 Å². The van der Waals surface area contributed by atoms with Gasteiger partial charge in [-0.25, -0.2) is 0 Å². The molecule has 9 nitrogen and oxygen atoms in total. The van der Waals surface area contributed by atoms with Gasteiger partial charge in [0.2, 0.25) is 17.6 Å². The Balaban J connectivity index is 0.000000597. The molecule has 0 saturated carbocycles. The van der Waals surface area contributed by atoms with Crippen molar-refractivity contribution in [2.24, 2.45) is 0 Å². The van der Waals surface area contributed by atoms with E-state index in [1.165, 1.54) is 18.2 Å². The van der Waals surface area contributed by atoms with E-state index in [4.69, 9.17) is 14.1 Å². The quantitative estimate of drug-likeness (QED) is 0.241. The van der Waals surface area contributed by atoms with Crippen LogP contribution in [0.15, 0.2) is 56.9 Å². The molecule has 10 heteroatoms. The Labute approximate surface area is 212 Å². The van der Waals surface area contributed by atoms with Crippen LogP contribution in [0.25, 0.3) is 22.8 Å². The van der Waals surface area contributed by atoms with Crippen molar-refractivity contribution in [3.63, 3.8) is 0 Å². The maximum atomic E-state index is 7.89. The number of benzene rings is 1. The predicted molar refractivity (Wildman–Crippen MR) is 139 cm³/mol. The van der Waals surface area contributed by atoms with Gasteiger partial charge in [-0.2, -0.15) is 10.0 Å². The van der Waals surface area contributed by atoms with Crippen molar-refractivity contribution in [3.8, 4) is 22.8 Å². The van der Waals surface area contributed by atoms with Crippen LogP contribution in [0.1, 0.15) is 51.1 Å². The van der Waals surface area contributed by atoms with E-state index >= 15 is 0 Å². The number of pyridine rings is 1. The highest BCUT2D eigenvalue weighted by Gasteiger charge is 2.13. The van der Waals surface area contributed by atoms with Crippen LogP contribution in [-0.4, -0.2) is 49.7 Å². The third-order valence-corrected chi connectivity index (χ3v) is 4.40. The summed E-state index contributed by atoms with van der Waals surface area (Å²) in [5.41, 5.74) is 4.10. The average molecular weight is 501 g/mol. The molecule has 0 spiro atoms. The summed E-state index contributed by atoms with van der Waals surface area (Å²) < 4.78 is 11.0. The summed E-state index contributed by atoms with van der Waals surface area (Å²) in [6.45, 7) is 12.3. The first-order valence-corrected chi connectivity index (χ1v) is 12.4. The van der Waals surface area contributed by atoms with Gasteiger partial charge in [-0.1, -0.05) is 68.2 Å². The lowest BCUT2D eigenvalue weighted by molar-refractivity contribution is -0.0372. The minimum Gasteiger partial charge on any atom is -0.411 e. The highest BCUT2D eigenvalue weighted by atomic mass is 32.2. The van der Waals surface area contributed by atoms with Gasteiger partial charge in [-0.15, -0.1) is 10.2 Å². The molecule has 0 atom stereocenters. The lowest BCUT2D eigenvalue weighted by Gasteiger charge is -1.99. The lowest BCUT2D eigenvalue weighted by Crippen LogP contribution is -2.01. The van der Waals surface area contributed by atoms with Crippen LogP contribution in [0.2, 0.25) is 0 Å². The summed E-state index contributed by atoms with van der Waals surface area (Å²) in [4.78, 5) is 8.42. The van der Waals surface area contributed by atoms with E-state index in [0.29, 0.717) is 28.6 Å². The fraction of sp³-hybridized carbons (Fsp3) is 0.400. The van der Waals surface area contributed by atoms with Gasteiger partial charge >= 0.3 is 0 Å². The van der Waals surface area contributed by atoms with Crippen molar-refractivity contribution in [1.82, 2.24) is 30.4 Å². The molecule has 0 bridgehead atoms. The van der Waals surface area contributed by atoms with Crippen LogP contribution < -0.4 is 0 Å². The Bertz CT molecular complexity index is 1080. The van der Waals surface area contributed by atoms with Gasteiger partial charge in [0.05, 0.1) is 5.75 Å². The zero-order valence-electron chi connectivity index (χ0n) is 21.8. The highest BCUT2D eigenvalue weighted by molar-refractivity contribution is 7.98. The molecule has 0 aliphatic carbocycles. The van der Waals surface area contributed by atoms with Crippen LogP contribution in [0.5, 0.6) is 0 Å². The second-order valence-corrected chi connectivity index (χ2v) is 8.27. The smallest absolute Gasteiger partial charge is 0.277 e. The number of hydrogen-bond donors (Lipinski definition) is 1. The van der Waals surface area contributed by atoms with Gasteiger partial charge in [0.15, 0.2) is 0 Å². The first-order valence-electron chi connectivity index (χ1n) is 11.5. The minimum atomic E-state index is 0.447. The maximum Gasteiger partial charge on any atom is 0.277 e. The van der Waals surface area contributed by atoms with Crippen LogP contribution >= 0.6 is 11.8 Å². The van der Waals surface area contributed by atoms with E-state index in [-0.39, 0.29) is 0 Å². The van der Waals surface area contributed by atoms with Gasteiger partial charge in [-0.3, -0.25) is 4.98 Å². The zero-order chi connectivity index (χ0) is 26.2. The third kappa shape index (κ3) is 11.3. The molecule has 3 heterocycles. The van der Waals surface area contributed by atoms with Gasteiger partial charge < -0.3 is 14.1 Å². The van der Waals surface area contributed by atoms with Crippen molar-refractivity contribution in [1.29, 1.82) is 0 Å². The molecular formula is C25H36N6O3S. The van der Waals surface area contributed by atoms with Crippen LogP contribution in [0.3, 0.4) is 0 Å². The minimum absolute atomic E-state index is 0.447. The molecule has 4 aromatic rings. The molecule has 0 saturated heterocycles. The normalized spacial score (nSPS) is 9.89. The summed E-state index contributed by atoms with van der Waals surface area (Å²) in [5, 5.41) is 21.5. The summed E-state index contributed by atoms with van der Waals surface area (Å²) >= 11 is 1.35. The topological polar surface area (TPSA) is 114 Å². The largest absolute Gasteiger partial charge is 0.411 e. The van der Waals surface area contributed by atoms with Gasteiger partial charge in [0.25, 0.3) is 5.22 Å². The monoisotopic (exact) mass is 500 g/mol. The Hall–Kier alpha value is -3.08. The standard InChI is InChI=1S/C18H15N5O2S.C3H8.C2H7NO.C2H6/c1-11-7-12(2)9-14(8-11)16-20-15(25-23-16)10-26-18-22-21-17(24-18)13-3-5-19-6-4-13;1-3-2;1-3(2)4;1-2/h3-9H,10H2,1-2H3;3H2,1-2H3;4H,1-2H3;1-2H3. The molecule has 0 fully saturated rings. The molecule has 1 aromatic carbocycles. The van der Waals surface area contributed by atoms with E-state index in [0.717, 1.165) is 27.3 Å². The van der Waals surface area contributed by atoms with Crippen molar-refractivity contribution in [2.45, 2.75) is 58.9 Å². The first kappa shape index (κ1) is 30.0. The van der Waals surface area contributed by atoms with Crippen LogP contribution in [0.4, 0.5) is 0 Å². The Kier molecular flexibility index (Phi) is 14.1. The number of aromatic nitrogens is 5. The summed E-state index contributed by atoms with van der Waals surface area (Å²) in [5.74, 6) is 2.00. The maximum absolute atomic E-state index is 7.89. The number of rotatable bonds is 5. The van der Waals surface area contributed by atoms with E-state index in [1.807, 2.05) is 52.0 Å². The molecular weight excluding hydrogens is 464 g/mol. The van der Waals surface area contributed by atoms with Gasteiger partial charge in [-0.05, 0) is 38.1 Å². The summed E-state index contributed by atoms with van der Waals surface area (Å²) in [6.07, 6.45) is 4.61. The number of hydroxylamine groups is 2. The highest BCUT2D eigenvalue weighted by Crippen LogP contribution is 2.26. The number of hydrogen-bond acceptors (Lipinski definition) is 10. The number of thioether (sulfide) groups is 1. The number of aryl methyl sites for hydroxylation is 2. The van der Waals surface area contributed by atoms with E-state index in [9.17, 15) is 0 Å². The SMILES string of the molecule is CC.CCC.CN(C)O.Cc1cc(C)cc(-c2noc(CSc3nnc(-c4ccncc4)o3)n2)c1. The van der Waals surface area contributed by atoms with E-state index in [2.05, 4.69) is 45.2 Å². The molecule has 3 aromatic heterocycles. The molecule has 0 aliphatic heterocycles. The molecule has 4 rings (SSSR count). The van der Waals surface area contributed by atoms with Crippen molar-refractivity contribution < 1.29 is 14.1 Å². The molecule has 190 valence electrons. The summed E-state index contributed by atoms with van der Waals surface area (Å²) in [7, 11) is 3.11. The first-order chi connectivity index (χ1) is 16.8. The third-order valence-electron chi connectivity index (χ3n) is 3.60. The zero-order valence-corrected chi connectivity index (χ0v) is 22.6. The predicted octanol–water partition coefficient (Wildman–Crippen LogP) is 6.47. The molecule has 0 unspecified atom stereocenters. The van der Waals surface area contributed by atoms with E-state index < -0.39 is 0 Å². The van der Waals surface area contributed by atoms with Crippen molar-refractivity contribution >= 4 is 11.8 Å². The number of nitrogens with zero attached hydrogens (tertiary/aromatic N) is 6.